The van der Waals surface area contributed by atoms with Crippen LogP contribution in [0.3, 0.4) is 0 Å². The second-order valence-corrected chi connectivity index (χ2v) is 4.73. The first-order chi connectivity index (χ1) is 7.58. The highest BCUT2D eigenvalue weighted by Gasteiger charge is 2.41. The molecule has 1 atom stereocenters. The molecular weight excluding hydrogens is 270 g/mol. The average Bonchev–Trinajstić information content (AvgIpc) is 2.79. The van der Waals surface area contributed by atoms with E-state index in [4.69, 9.17) is 10.2 Å². The maximum atomic E-state index is 5.86. The highest BCUT2D eigenvalue weighted by atomic mass is 79.9. The maximum Gasteiger partial charge on any atom is 0.192 e. The van der Waals surface area contributed by atoms with E-state index in [0.29, 0.717) is 23.7 Å². The number of hydrogen-bond donors (Lipinski definition) is 1. The summed E-state index contributed by atoms with van der Waals surface area (Å²) >= 11 is 3.30. The topological polar surface area (TPSA) is 54.8 Å². The summed E-state index contributed by atoms with van der Waals surface area (Å²) in [4.78, 5) is 6.26. The van der Waals surface area contributed by atoms with Gasteiger partial charge in [0.2, 0.25) is 0 Å². The molecule has 86 valence electrons. The minimum Gasteiger partial charge on any atom is -0.452 e. The number of guanidine groups is 1. The number of aliphatic imine (C=N–C) groups is 1. The van der Waals surface area contributed by atoms with E-state index in [1.807, 2.05) is 23.1 Å². The van der Waals surface area contributed by atoms with Crippen LogP contribution in [-0.2, 0) is 5.54 Å². The molecule has 0 amide bonds. The van der Waals surface area contributed by atoms with Crippen LogP contribution >= 0.6 is 15.9 Å². The van der Waals surface area contributed by atoms with Crippen molar-refractivity contribution in [3.05, 3.63) is 35.2 Å². The molecule has 2 N–H and O–H groups in total. The molecule has 0 aliphatic carbocycles. The van der Waals surface area contributed by atoms with Crippen LogP contribution in [0, 0.1) is 0 Å². The van der Waals surface area contributed by atoms with Crippen molar-refractivity contribution in [2.75, 3.05) is 13.1 Å². The Bertz CT molecular complexity index is 440. The van der Waals surface area contributed by atoms with Gasteiger partial charge in [-0.2, -0.15) is 0 Å². The Labute approximate surface area is 103 Å². The van der Waals surface area contributed by atoms with Crippen LogP contribution in [0.1, 0.15) is 12.7 Å². The Morgan fingerprint density at radius 1 is 1.75 bits per heavy atom. The Balaban J connectivity index is 2.34. The van der Waals surface area contributed by atoms with Crippen LogP contribution in [-0.4, -0.2) is 23.9 Å². The van der Waals surface area contributed by atoms with E-state index in [-0.39, 0.29) is 5.54 Å². The smallest absolute Gasteiger partial charge is 0.192 e. The van der Waals surface area contributed by atoms with Gasteiger partial charge in [-0.3, -0.25) is 4.99 Å². The van der Waals surface area contributed by atoms with Crippen molar-refractivity contribution in [2.45, 2.75) is 12.5 Å². The predicted molar refractivity (Wildman–Crippen MR) is 67.2 cm³/mol. The Kier molecular flexibility index (Phi) is 2.80. The van der Waals surface area contributed by atoms with Crippen molar-refractivity contribution >= 4 is 21.9 Å². The largest absolute Gasteiger partial charge is 0.452 e. The van der Waals surface area contributed by atoms with Gasteiger partial charge in [-0.05, 0) is 35.0 Å². The molecule has 1 aromatic rings. The summed E-state index contributed by atoms with van der Waals surface area (Å²) in [6, 6.07) is 3.81. The Morgan fingerprint density at radius 2 is 2.50 bits per heavy atom. The molecule has 0 spiro atoms. The maximum absolute atomic E-state index is 5.86. The van der Waals surface area contributed by atoms with Crippen molar-refractivity contribution in [3.63, 3.8) is 0 Å². The number of furan rings is 1. The highest BCUT2D eigenvalue weighted by Crippen LogP contribution is 2.34. The van der Waals surface area contributed by atoms with Crippen LogP contribution in [0.2, 0.25) is 0 Å². The van der Waals surface area contributed by atoms with Crippen molar-refractivity contribution in [1.82, 2.24) is 4.90 Å². The molecule has 5 heteroatoms. The zero-order chi connectivity index (χ0) is 11.8. The van der Waals surface area contributed by atoms with Crippen molar-refractivity contribution in [2.24, 2.45) is 10.7 Å². The Morgan fingerprint density at radius 3 is 3.06 bits per heavy atom. The first-order valence-electron chi connectivity index (χ1n) is 5.02. The number of rotatable bonds is 3. The van der Waals surface area contributed by atoms with Crippen molar-refractivity contribution in [1.29, 1.82) is 0 Å². The lowest BCUT2D eigenvalue weighted by Crippen LogP contribution is -2.47. The summed E-state index contributed by atoms with van der Waals surface area (Å²) in [7, 11) is 0. The monoisotopic (exact) mass is 283 g/mol. The first-order valence-corrected chi connectivity index (χ1v) is 5.81. The summed E-state index contributed by atoms with van der Waals surface area (Å²) < 4.78 is 6.32. The fourth-order valence-corrected chi connectivity index (χ4v) is 2.20. The highest BCUT2D eigenvalue weighted by molar-refractivity contribution is 9.10. The van der Waals surface area contributed by atoms with Gasteiger partial charge in [0.1, 0.15) is 11.3 Å². The van der Waals surface area contributed by atoms with Crippen LogP contribution in [0.15, 0.2) is 38.9 Å². The summed E-state index contributed by atoms with van der Waals surface area (Å²) in [5.41, 5.74) is 5.54. The van der Waals surface area contributed by atoms with Gasteiger partial charge in [0.25, 0.3) is 0 Å². The molecule has 16 heavy (non-hydrogen) atoms. The summed E-state index contributed by atoms with van der Waals surface area (Å²) in [6.07, 6.45) is 1.81. The molecule has 0 fully saturated rings. The second-order valence-electron chi connectivity index (χ2n) is 3.95. The van der Waals surface area contributed by atoms with Gasteiger partial charge in [-0.25, -0.2) is 0 Å². The molecule has 1 aromatic heterocycles. The standard InChI is InChI=1S/C11H14BrN3O/c1-3-6-15-10(13)14-7-11(15,2)8-4-5-9(12)16-8/h3-5H,1,6-7H2,2H3,(H2,13,14). The lowest BCUT2D eigenvalue weighted by atomic mass is 9.98. The average molecular weight is 284 g/mol. The molecule has 1 aliphatic rings. The number of halogens is 1. The molecule has 2 rings (SSSR count). The van der Waals surface area contributed by atoms with Gasteiger partial charge in [0.15, 0.2) is 10.6 Å². The lowest BCUT2D eigenvalue weighted by molar-refractivity contribution is 0.200. The van der Waals surface area contributed by atoms with Gasteiger partial charge in [0, 0.05) is 6.54 Å². The van der Waals surface area contributed by atoms with Gasteiger partial charge >= 0.3 is 0 Å². The van der Waals surface area contributed by atoms with E-state index >= 15 is 0 Å². The van der Waals surface area contributed by atoms with Gasteiger partial charge in [0.05, 0.1) is 6.54 Å². The molecule has 0 saturated heterocycles. The van der Waals surface area contributed by atoms with E-state index < -0.39 is 0 Å². The van der Waals surface area contributed by atoms with Crippen LogP contribution in [0.4, 0.5) is 0 Å². The fraction of sp³-hybridized carbons (Fsp3) is 0.364. The van der Waals surface area contributed by atoms with E-state index in [1.54, 1.807) is 0 Å². The number of nitrogens with zero attached hydrogens (tertiary/aromatic N) is 2. The van der Waals surface area contributed by atoms with E-state index in [1.165, 1.54) is 0 Å². The third-order valence-corrected chi connectivity index (χ3v) is 3.26. The SMILES string of the molecule is C=CCN1C(N)=NCC1(C)c1ccc(Br)o1. The van der Waals surface area contributed by atoms with E-state index in [2.05, 4.69) is 34.4 Å². The van der Waals surface area contributed by atoms with E-state index in [0.717, 1.165) is 5.76 Å². The normalized spacial score (nSPS) is 24.6. The quantitative estimate of drug-likeness (QED) is 0.864. The van der Waals surface area contributed by atoms with Crippen LogP contribution in [0.5, 0.6) is 0 Å². The third kappa shape index (κ3) is 1.65. The molecule has 2 heterocycles. The zero-order valence-corrected chi connectivity index (χ0v) is 10.7. The molecule has 4 nitrogen and oxygen atoms in total. The van der Waals surface area contributed by atoms with Crippen LogP contribution < -0.4 is 5.73 Å². The number of nitrogens with two attached hydrogens (primary N) is 1. The summed E-state index contributed by atoms with van der Waals surface area (Å²) in [5.74, 6) is 1.39. The van der Waals surface area contributed by atoms with Gasteiger partial charge in [-0.15, -0.1) is 6.58 Å². The minimum atomic E-state index is -0.315. The Hall–Kier alpha value is -1.23. The summed E-state index contributed by atoms with van der Waals surface area (Å²) in [5, 5.41) is 0. The molecule has 0 aromatic carbocycles. The molecule has 0 bridgehead atoms. The zero-order valence-electron chi connectivity index (χ0n) is 9.11. The lowest BCUT2D eigenvalue weighted by Gasteiger charge is -2.33. The van der Waals surface area contributed by atoms with Crippen molar-refractivity contribution in [3.8, 4) is 0 Å². The van der Waals surface area contributed by atoms with Gasteiger partial charge < -0.3 is 15.1 Å². The minimum absolute atomic E-state index is 0.315. The van der Waals surface area contributed by atoms with Crippen LogP contribution in [0.25, 0.3) is 0 Å². The molecule has 0 saturated carbocycles. The van der Waals surface area contributed by atoms with Crippen molar-refractivity contribution < 1.29 is 4.42 Å². The van der Waals surface area contributed by atoms with Gasteiger partial charge in [-0.1, -0.05) is 6.08 Å². The molecule has 1 aliphatic heterocycles. The fourth-order valence-electron chi connectivity index (χ4n) is 1.90. The third-order valence-electron chi connectivity index (χ3n) is 2.84. The molecular formula is C11H14BrN3O. The number of hydrogen-bond acceptors (Lipinski definition) is 4. The van der Waals surface area contributed by atoms with E-state index in [9.17, 15) is 0 Å². The summed E-state index contributed by atoms with van der Waals surface area (Å²) in [6.45, 7) is 7.05. The second kappa shape index (κ2) is 3.97. The first kappa shape index (κ1) is 11.3. The predicted octanol–water partition coefficient (Wildman–Crippen LogP) is 2.07. The molecule has 1 unspecified atom stereocenters. The molecule has 0 radical (unpaired) electrons.